The fraction of sp³-hybridized carbons (Fsp3) is 0.600. The normalized spacial score (nSPS) is 11.7. The molecule has 0 atom stereocenters. The van der Waals surface area contributed by atoms with Crippen LogP contribution in [0.3, 0.4) is 0 Å². The minimum atomic E-state index is 0.0857. The van der Waals surface area contributed by atoms with Crippen LogP contribution >= 0.6 is 11.3 Å². The molecule has 0 aliphatic carbocycles. The minimum Gasteiger partial charge on any atom is -0.315 e. The van der Waals surface area contributed by atoms with E-state index < -0.39 is 0 Å². The van der Waals surface area contributed by atoms with Crippen LogP contribution in [0.5, 0.6) is 0 Å². The first kappa shape index (κ1) is 15.2. The fourth-order valence-corrected chi connectivity index (χ4v) is 3.13. The Morgan fingerprint density at radius 1 is 1.35 bits per heavy atom. The second-order valence-corrected chi connectivity index (χ2v) is 6.84. The number of aryl methyl sites for hydroxylation is 2. The molecule has 0 aromatic carbocycles. The summed E-state index contributed by atoms with van der Waals surface area (Å²) in [4.78, 5) is 18.9. The number of nitrogens with zero attached hydrogens (tertiary/aromatic N) is 2. The van der Waals surface area contributed by atoms with Gasteiger partial charge in [0.25, 0.3) is 5.56 Å². The van der Waals surface area contributed by atoms with Gasteiger partial charge in [-0.05, 0) is 38.3 Å². The van der Waals surface area contributed by atoms with E-state index in [4.69, 9.17) is 0 Å². The average Bonchev–Trinajstić information content (AvgIpc) is 2.68. The standard InChI is InChI=1S/C15H23N3OS/c1-10(2)5-6-16-7-8-18-9-17-14-13(15(18)19)11(3)12(4)20-14/h9-10,16H,5-8H2,1-4H3. The molecule has 5 heteroatoms. The summed E-state index contributed by atoms with van der Waals surface area (Å²) in [6.45, 7) is 11.0. The number of hydrogen-bond acceptors (Lipinski definition) is 4. The molecule has 0 unspecified atom stereocenters. The molecule has 0 radical (unpaired) electrons. The van der Waals surface area contributed by atoms with Crippen LogP contribution in [0.1, 0.15) is 30.7 Å². The van der Waals surface area contributed by atoms with Gasteiger partial charge in [0.2, 0.25) is 0 Å². The molecule has 110 valence electrons. The molecule has 0 aliphatic rings. The fourth-order valence-electron chi connectivity index (χ4n) is 2.14. The SMILES string of the molecule is Cc1sc2ncn(CCNCCC(C)C)c(=O)c2c1C. The van der Waals surface area contributed by atoms with Crippen LogP contribution < -0.4 is 10.9 Å². The van der Waals surface area contributed by atoms with Gasteiger partial charge in [0.05, 0.1) is 11.7 Å². The molecule has 0 spiro atoms. The summed E-state index contributed by atoms with van der Waals surface area (Å²) in [7, 11) is 0. The van der Waals surface area contributed by atoms with E-state index in [0.717, 1.165) is 35.3 Å². The summed E-state index contributed by atoms with van der Waals surface area (Å²) in [6, 6.07) is 0. The maximum absolute atomic E-state index is 12.4. The van der Waals surface area contributed by atoms with E-state index in [0.29, 0.717) is 12.5 Å². The van der Waals surface area contributed by atoms with Crippen LogP contribution in [0.4, 0.5) is 0 Å². The lowest BCUT2D eigenvalue weighted by Crippen LogP contribution is -2.28. The quantitative estimate of drug-likeness (QED) is 0.833. The van der Waals surface area contributed by atoms with Crippen LogP contribution in [0.2, 0.25) is 0 Å². The van der Waals surface area contributed by atoms with Crippen molar-refractivity contribution in [2.75, 3.05) is 13.1 Å². The first-order valence-electron chi connectivity index (χ1n) is 7.16. The van der Waals surface area contributed by atoms with Crippen molar-refractivity contribution < 1.29 is 0 Å². The van der Waals surface area contributed by atoms with Gasteiger partial charge in [-0.1, -0.05) is 13.8 Å². The number of hydrogen-bond donors (Lipinski definition) is 1. The van der Waals surface area contributed by atoms with Crippen molar-refractivity contribution in [3.05, 3.63) is 27.1 Å². The smallest absolute Gasteiger partial charge is 0.262 e. The van der Waals surface area contributed by atoms with Gasteiger partial charge in [0, 0.05) is 18.0 Å². The van der Waals surface area contributed by atoms with Crippen molar-refractivity contribution in [3.8, 4) is 0 Å². The monoisotopic (exact) mass is 293 g/mol. The Labute approximate surface area is 123 Å². The Kier molecular flexibility index (Phi) is 4.94. The van der Waals surface area contributed by atoms with Gasteiger partial charge in [-0.15, -0.1) is 11.3 Å². The number of nitrogens with one attached hydrogen (secondary N) is 1. The maximum atomic E-state index is 12.4. The number of rotatable bonds is 6. The highest BCUT2D eigenvalue weighted by Crippen LogP contribution is 2.25. The first-order chi connectivity index (χ1) is 9.50. The van der Waals surface area contributed by atoms with E-state index >= 15 is 0 Å². The molecule has 20 heavy (non-hydrogen) atoms. The summed E-state index contributed by atoms with van der Waals surface area (Å²) in [5.74, 6) is 0.708. The van der Waals surface area contributed by atoms with Crippen molar-refractivity contribution >= 4 is 21.6 Å². The van der Waals surface area contributed by atoms with E-state index in [1.165, 1.54) is 4.88 Å². The molecule has 1 N–H and O–H groups in total. The van der Waals surface area contributed by atoms with Crippen molar-refractivity contribution in [2.45, 2.75) is 40.7 Å². The zero-order chi connectivity index (χ0) is 14.7. The maximum Gasteiger partial charge on any atom is 0.262 e. The van der Waals surface area contributed by atoms with Gasteiger partial charge in [0.1, 0.15) is 4.83 Å². The van der Waals surface area contributed by atoms with Gasteiger partial charge in [0.15, 0.2) is 0 Å². The molecule has 4 nitrogen and oxygen atoms in total. The van der Waals surface area contributed by atoms with Crippen molar-refractivity contribution in [1.82, 2.24) is 14.9 Å². The Bertz CT molecular complexity index is 642. The molecule has 0 amide bonds. The predicted octanol–water partition coefficient (Wildman–Crippen LogP) is 2.71. The van der Waals surface area contributed by atoms with E-state index in [2.05, 4.69) is 24.1 Å². The summed E-state index contributed by atoms with van der Waals surface area (Å²) >= 11 is 1.60. The van der Waals surface area contributed by atoms with Crippen molar-refractivity contribution in [2.24, 2.45) is 5.92 Å². The van der Waals surface area contributed by atoms with Gasteiger partial charge in [-0.2, -0.15) is 0 Å². The molecule has 0 aliphatic heterocycles. The third-order valence-corrected chi connectivity index (χ3v) is 4.70. The Morgan fingerprint density at radius 3 is 2.80 bits per heavy atom. The molecule has 0 bridgehead atoms. The number of thiophene rings is 1. The molecule has 2 aromatic rings. The molecule has 2 heterocycles. The topological polar surface area (TPSA) is 46.9 Å². The van der Waals surface area contributed by atoms with Crippen LogP contribution in [0.25, 0.3) is 10.2 Å². The van der Waals surface area contributed by atoms with Crippen LogP contribution in [-0.2, 0) is 6.54 Å². The molecular weight excluding hydrogens is 270 g/mol. The molecule has 2 rings (SSSR count). The van der Waals surface area contributed by atoms with Gasteiger partial charge < -0.3 is 5.32 Å². The number of fused-ring (bicyclic) bond motifs is 1. The van der Waals surface area contributed by atoms with Crippen LogP contribution in [-0.4, -0.2) is 22.6 Å². The average molecular weight is 293 g/mol. The molecule has 2 aromatic heterocycles. The van der Waals surface area contributed by atoms with Crippen LogP contribution in [0.15, 0.2) is 11.1 Å². The second-order valence-electron chi connectivity index (χ2n) is 5.64. The van der Waals surface area contributed by atoms with Gasteiger partial charge >= 0.3 is 0 Å². The third kappa shape index (κ3) is 3.27. The predicted molar refractivity (Wildman–Crippen MR) is 85.7 cm³/mol. The Morgan fingerprint density at radius 2 is 2.10 bits per heavy atom. The lowest BCUT2D eigenvalue weighted by molar-refractivity contribution is 0.515. The summed E-state index contributed by atoms with van der Waals surface area (Å²) in [5, 5.41) is 4.16. The Balaban J connectivity index is 2.06. The second kappa shape index (κ2) is 6.50. The molecule has 0 saturated heterocycles. The van der Waals surface area contributed by atoms with Gasteiger partial charge in [-0.25, -0.2) is 4.98 Å². The zero-order valence-corrected chi connectivity index (χ0v) is 13.5. The Hall–Kier alpha value is -1.20. The van der Waals surface area contributed by atoms with E-state index in [-0.39, 0.29) is 5.56 Å². The summed E-state index contributed by atoms with van der Waals surface area (Å²) in [5.41, 5.74) is 1.16. The van der Waals surface area contributed by atoms with Crippen molar-refractivity contribution in [1.29, 1.82) is 0 Å². The zero-order valence-electron chi connectivity index (χ0n) is 12.7. The highest BCUT2D eigenvalue weighted by Gasteiger charge is 2.11. The number of aromatic nitrogens is 2. The van der Waals surface area contributed by atoms with Crippen molar-refractivity contribution in [3.63, 3.8) is 0 Å². The molecular formula is C15H23N3OS. The molecule has 0 fully saturated rings. The van der Waals surface area contributed by atoms with E-state index in [1.54, 1.807) is 22.2 Å². The summed E-state index contributed by atoms with van der Waals surface area (Å²) < 4.78 is 1.71. The van der Waals surface area contributed by atoms with Crippen LogP contribution in [0, 0.1) is 19.8 Å². The lowest BCUT2D eigenvalue weighted by atomic mass is 10.1. The van der Waals surface area contributed by atoms with Gasteiger partial charge in [-0.3, -0.25) is 9.36 Å². The van der Waals surface area contributed by atoms with E-state index in [1.807, 2.05) is 13.8 Å². The summed E-state index contributed by atoms with van der Waals surface area (Å²) in [6.07, 6.45) is 2.83. The largest absolute Gasteiger partial charge is 0.315 e. The minimum absolute atomic E-state index is 0.0857. The highest BCUT2D eigenvalue weighted by atomic mass is 32.1. The lowest BCUT2D eigenvalue weighted by Gasteiger charge is -2.08. The highest BCUT2D eigenvalue weighted by molar-refractivity contribution is 7.18. The first-order valence-corrected chi connectivity index (χ1v) is 7.98. The van der Waals surface area contributed by atoms with E-state index in [9.17, 15) is 4.79 Å². The molecule has 0 saturated carbocycles. The third-order valence-electron chi connectivity index (χ3n) is 3.58.